The Balaban J connectivity index is 1.44. The summed E-state index contributed by atoms with van der Waals surface area (Å²) in [6, 6.07) is 15.7. The van der Waals surface area contributed by atoms with Crippen LogP contribution in [0.15, 0.2) is 52.8 Å². The minimum absolute atomic E-state index is 0.0601. The number of rotatable bonds is 7. The van der Waals surface area contributed by atoms with Crippen molar-refractivity contribution < 1.29 is 0 Å². The summed E-state index contributed by atoms with van der Waals surface area (Å²) >= 11 is 1.83. The van der Waals surface area contributed by atoms with Crippen LogP contribution in [0.5, 0.6) is 0 Å². The second-order valence-corrected chi connectivity index (χ2v) is 9.37. The van der Waals surface area contributed by atoms with Crippen LogP contribution >= 0.6 is 11.3 Å². The molecule has 3 N–H and O–H groups in total. The number of thiophene rings is 1. The molecule has 1 aliphatic rings. The van der Waals surface area contributed by atoms with Crippen LogP contribution in [0.3, 0.4) is 0 Å². The summed E-state index contributed by atoms with van der Waals surface area (Å²) < 4.78 is 0. The molecule has 0 spiro atoms. The summed E-state index contributed by atoms with van der Waals surface area (Å²) in [4.78, 5) is 6.93. The lowest BCUT2D eigenvalue weighted by atomic mass is 10.0. The molecule has 1 saturated heterocycles. The molecular formula is C23H35N5S. The number of aliphatic imine (C=N–C) groups is 1. The third-order valence-corrected chi connectivity index (χ3v) is 6.41. The van der Waals surface area contributed by atoms with E-state index in [1.54, 1.807) is 0 Å². The van der Waals surface area contributed by atoms with Crippen LogP contribution in [0.25, 0.3) is 0 Å². The van der Waals surface area contributed by atoms with Crippen molar-refractivity contribution >= 4 is 22.3 Å². The van der Waals surface area contributed by atoms with Crippen molar-refractivity contribution in [2.45, 2.75) is 51.2 Å². The summed E-state index contributed by atoms with van der Waals surface area (Å²) in [5, 5.41) is 14.4. The molecule has 3 rings (SSSR count). The lowest BCUT2D eigenvalue weighted by Gasteiger charge is -2.35. The van der Waals surface area contributed by atoms with E-state index in [2.05, 4.69) is 94.5 Å². The van der Waals surface area contributed by atoms with Crippen molar-refractivity contribution in [3.8, 4) is 0 Å². The zero-order valence-electron chi connectivity index (χ0n) is 18.1. The zero-order chi connectivity index (χ0) is 20.7. The number of nitrogens with one attached hydrogen (secondary N) is 3. The van der Waals surface area contributed by atoms with Gasteiger partial charge in [-0.1, -0.05) is 30.3 Å². The van der Waals surface area contributed by atoms with E-state index < -0.39 is 0 Å². The molecule has 6 heteroatoms. The quantitative estimate of drug-likeness (QED) is 0.474. The van der Waals surface area contributed by atoms with Crippen molar-refractivity contribution in [1.82, 2.24) is 16.0 Å². The molecule has 0 amide bonds. The van der Waals surface area contributed by atoms with Gasteiger partial charge in [-0.2, -0.15) is 0 Å². The van der Waals surface area contributed by atoms with Gasteiger partial charge in [-0.3, -0.25) is 4.99 Å². The molecule has 1 aliphatic heterocycles. The molecule has 0 aliphatic carbocycles. The van der Waals surface area contributed by atoms with Gasteiger partial charge in [-0.15, -0.1) is 11.3 Å². The summed E-state index contributed by atoms with van der Waals surface area (Å²) in [6.07, 6.45) is 2.26. The molecule has 158 valence electrons. The van der Waals surface area contributed by atoms with Gasteiger partial charge in [0.05, 0.1) is 5.00 Å². The SMILES string of the molecule is CN=C(NCC(C)(C)NC(C)c1ccccc1)NC1CCN(c2cccs2)CC1. The van der Waals surface area contributed by atoms with E-state index >= 15 is 0 Å². The van der Waals surface area contributed by atoms with Gasteiger partial charge in [0.15, 0.2) is 5.96 Å². The van der Waals surface area contributed by atoms with Crippen LogP contribution in [0.2, 0.25) is 0 Å². The van der Waals surface area contributed by atoms with E-state index in [-0.39, 0.29) is 5.54 Å². The first kappa shape index (κ1) is 21.7. The van der Waals surface area contributed by atoms with Gasteiger partial charge >= 0.3 is 0 Å². The first-order valence-electron chi connectivity index (χ1n) is 10.5. The molecule has 1 atom stereocenters. The lowest BCUT2D eigenvalue weighted by molar-refractivity contribution is 0.343. The summed E-state index contributed by atoms with van der Waals surface area (Å²) in [5.41, 5.74) is 1.25. The Hall–Kier alpha value is -2.05. The highest BCUT2D eigenvalue weighted by Crippen LogP contribution is 2.24. The molecule has 29 heavy (non-hydrogen) atoms. The Morgan fingerprint density at radius 1 is 1.17 bits per heavy atom. The Labute approximate surface area is 179 Å². The van der Waals surface area contributed by atoms with Crippen molar-refractivity contribution in [3.63, 3.8) is 0 Å². The Bertz CT molecular complexity index is 749. The average molecular weight is 414 g/mol. The topological polar surface area (TPSA) is 51.7 Å². The van der Waals surface area contributed by atoms with Gasteiger partial charge in [0, 0.05) is 44.3 Å². The molecule has 1 unspecified atom stereocenters. The van der Waals surface area contributed by atoms with E-state index in [0.717, 1.165) is 38.4 Å². The second-order valence-electron chi connectivity index (χ2n) is 8.44. The Morgan fingerprint density at radius 2 is 1.90 bits per heavy atom. The molecule has 2 heterocycles. The van der Waals surface area contributed by atoms with E-state index in [1.165, 1.54) is 10.6 Å². The van der Waals surface area contributed by atoms with Gasteiger partial charge in [0.1, 0.15) is 0 Å². The maximum Gasteiger partial charge on any atom is 0.191 e. The van der Waals surface area contributed by atoms with E-state index in [4.69, 9.17) is 0 Å². The molecule has 0 bridgehead atoms. The fraction of sp³-hybridized carbons (Fsp3) is 0.522. The number of piperidine rings is 1. The summed E-state index contributed by atoms with van der Waals surface area (Å²) in [7, 11) is 1.85. The number of guanidine groups is 1. The van der Waals surface area contributed by atoms with Gasteiger partial charge in [-0.05, 0) is 56.7 Å². The second kappa shape index (κ2) is 10.1. The zero-order valence-corrected chi connectivity index (χ0v) is 18.9. The lowest BCUT2D eigenvalue weighted by Crippen LogP contribution is -2.54. The van der Waals surface area contributed by atoms with E-state index in [0.29, 0.717) is 12.1 Å². The molecule has 1 fully saturated rings. The molecule has 1 aromatic heterocycles. The maximum atomic E-state index is 4.45. The van der Waals surface area contributed by atoms with E-state index in [1.807, 2.05) is 18.4 Å². The number of hydrogen-bond acceptors (Lipinski definition) is 4. The van der Waals surface area contributed by atoms with Crippen molar-refractivity contribution in [2.75, 3.05) is 31.6 Å². The molecule has 1 aromatic carbocycles. The summed E-state index contributed by atoms with van der Waals surface area (Å²) in [6.45, 7) is 9.66. The van der Waals surface area contributed by atoms with Gasteiger partial charge in [0.2, 0.25) is 0 Å². The van der Waals surface area contributed by atoms with Gasteiger partial charge < -0.3 is 20.9 Å². The normalized spacial score (nSPS) is 17.2. The van der Waals surface area contributed by atoms with Crippen molar-refractivity contribution in [1.29, 1.82) is 0 Å². The third kappa shape index (κ3) is 6.47. The monoisotopic (exact) mass is 413 g/mol. The highest BCUT2D eigenvalue weighted by Gasteiger charge is 2.23. The predicted octanol–water partition coefficient (Wildman–Crippen LogP) is 4.01. The van der Waals surface area contributed by atoms with Gasteiger partial charge in [-0.25, -0.2) is 0 Å². The van der Waals surface area contributed by atoms with Crippen molar-refractivity contribution in [2.24, 2.45) is 4.99 Å². The largest absolute Gasteiger partial charge is 0.363 e. The van der Waals surface area contributed by atoms with Crippen LogP contribution < -0.4 is 20.9 Å². The van der Waals surface area contributed by atoms with Crippen LogP contribution in [-0.4, -0.2) is 44.2 Å². The Kier molecular flexibility index (Phi) is 7.56. The molecule has 5 nitrogen and oxygen atoms in total. The van der Waals surface area contributed by atoms with Crippen LogP contribution in [-0.2, 0) is 0 Å². The number of benzene rings is 1. The van der Waals surface area contributed by atoms with Crippen LogP contribution in [0, 0.1) is 0 Å². The maximum absolute atomic E-state index is 4.45. The summed E-state index contributed by atoms with van der Waals surface area (Å²) in [5.74, 6) is 0.891. The fourth-order valence-corrected chi connectivity index (χ4v) is 4.63. The predicted molar refractivity (Wildman–Crippen MR) is 126 cm³/mol. The number of hydrogen-bond donors (Lipinski definition) is 3. The average Bonchev–Trinajstić information content (AvgIpc) is 3.27. The third-order valence-electron chi connectivity index (χ3n) is 5.48. The number of nitrogens with zero attached hydrogens (tertiary/aromatic N) is 2. The highest BCUT2D eigenvalue weighted by atomic mass is 32.1. The smallest absolute Gasteiger partial charge is 0.191 e. The molecule has 0 saturated carbocycles. The first-order chi connectivity index (χ1) is 14.0. The molecular weight excluding hydrogens is 378 g/mol. The highest BCUT2D eigenvalue weighted by molar-refractivity contribution is 7.14. The Morgan fingerprint density at radius 3 is 2.52 bits per heavy atom. The van der Waals surface area contributed by atoms with Crippen LogP contribution in [0.4, 0.5) is 5.00 Å². The fourth-order valence-electron chi connectivity index (χ4n) is 3.85. The molecule has 2 aromatic rings. The number of anilines is 1. The molecule has 0 radical (unpaired) electrons. The minimum atomic E-state index is -0.0601. The minimum Gasteiger partial charge on any atom is -0.363 e. The van der Waals surface area contributed by atoms with E-state index in [9.17, 15) is 0 Å². The van der Waals surface area contributed by atoms with Gasteiger partial charge in [0.25, 0.3) is 0 Å². The standard InChI is InChI=1S/C23H35N5S/c1-18(19-9-6-5-7-10-19)27-23(2,3)17-25-22(24-4)26-20-12-14-28(15-13-20)21-11-8-16-29-21/h5-11,16,18,20,27H,12-15,17H2,1-4H3,(H2,24,25,26). The first-order valence-corrected chi connectivity index (χ1v) is 11.4. The van der Waals surface area contributed by atoms with Crippen molar-refractivity contribution in [3.05, 3.63) is 53.4 Å². The van der Waals surface area contributed by atoms with Crippen LogP contribution in [0.1, 0.15) is 45.2 Å².